The fourth-order valence-electron chi connectivity index (χ4n) is 2.80. The summed E-state index contributed by atoms with van der Waals surface area (Å²) >= 11 is 1.20. The summed E-state index contributed by atoms with van der Waals surface area (Å²) in [6.07, 6.45) is 3.25. The van der Waals surface area contributed by atoms with Crippen LogP contribution in [0.15, 0.2) is 67.0 Å². The van der Waals surface area contributed by atoms with Gasteiger partial charge in [0.15, 0.2) is 5.13 Å². The van der Waals surface area contributed by atoms with Gasteiger partial charge in [-0.25, -0.2) is 9.37 Å². The van der Waals surface area contributed by atoms with E-state index in [4.69, 9.17) is 0 Å². The Morgan fingerprint density at radius 3 is 2.59 bits per heavy atom. The van der Waals surface area contributed by atoms with E-state index in [-0.39, 0.29) is 23.3 Å². The normalized spacial score (nSPS) is 10.8. The lowest BCUT2D eigenvalue weighted by atomic mass is 10.1. The number of thiazole rings is 1. The predicted molar refractivity (Wildman–Crippen MR) is 107 cm³/mol. The molecule has 0 aliphatic rings. The highest BCUT2D eigenvalue weighted by Crippen LogP contribution is 2.32. The number of rotatable bonds is 5. The third kappa shape index (κ3) is 3.81. The minimum absolute atomic E-state index is 0.109. The van der Waals surface area contributed by atoms with E-state index in [1.165, 1.54) is 46.6 Å². The van der Waals surface area contributed by atoms with Crippen LogP contribution in [0, 0.1) is 15.9 Å². The number of carbonyl (C=O) groups excluding carboxylic acids is 1. The quantitative estimate of drug-likeness (QED) is 0.356. The third-order valence-electron chi connectivity index (χ3n) is 4.22. The van der Waals surface area contributed by atoms with Gasteiger partial charge in [0.25, 0.3) is 11.6 Å². The smallest absolute Gasteiger partial charge is 0.269 e. The van der Waals surface area contributed by atoms with Gasteiger partial charge in [0.05, 0.1) is 16.2 Å². The van der Waals surface area contributed by atoms with Gasteiger partial charge in [-0.2, -0.15) is 0 Å². The molecular weight excluding hydrogens is 395 g/mol. The molecule has 0 N–H and O–H groups in total. The molecule has 9 heteroatoms. The molecule has 2 heterocycles. The second kappa shape index (κ2) is 7.72. The Morgan fingerprint density at radius 2 is 1.93 bits per heavy atom. The molecule has 0 spiro atoms. The molecule has 2 aromatic carbocycles. The summed E-state index contributed by atoms with van der Waals surface area (Å²) in [5, 5.41) is 11.2. The molecule has 0 unspecified atom stereocenters. The number of amides is 1. The minimum Gasteiger partial charge on any atom is -0.279 e. The number of hydrogen-bond acceptors (Lipinski definition) is 6. The van der Waals surface area contributed by atoms with Crippen LogP contribution in [0.5, 0.6) is 0 Å². The number of benzene rings is 2. The van der Waals surface area contributed by atoms with E-state index in [9.17, 15) is 19.3 Å². The molecule has 29 heavy (non-hydrogen) atoms. The Labute approximate surface area is 168 Å². The lowest BCUT2D eigenvalue weighted by molar-refractivity contribution is -0.384. The highest BCUT2D eigenvalue weighted by Gasteiger charge is 2.23. The molecule has 1 amide bonds. The first-order valence-corrected chi connectivity index (χ1v) is 9.35. The van der Waals surface area contributed by atoms with Crippen molar-refractivity contribution in [2.45, 2.75) is 6.54 Å². The number of fused-ring (bicyclic) bond motifs is 1. The summed E-state index contributed by atoms with van der Waals surface area (Å²) in [7, 11) is 0. The van der Waals surface area contributed by atoms with Crippen molar-refractivity contribution in [1.29, 1.82) is 0 Å². The Morgan fingerprint density at radius 1 is 1.14 bits per heavy atom. The fourth-order valence-corrected chi connectivity index (χ4v) is 3.78. The number of anilines is 1. The summed E-state index contributed by atoms with van der Waals surface area (Å²) in [6, 6.07) is 13.5. The monoisotopic (exact) mass is 408 g/mol. The van der Waals surface area contributed by atoms with Crippen LogP contribution in [0.25, 0.3) is 10.2 Å². The number of nitro benzene ring substituents is 1. The molecule has 2 aromatic heterocycles. The van der Waals surface area contributed by atoms with Crippen molar-refractivity contribution in [2.24, 2.45) is 0 Å². The van der Waals surface area contributed by atoms with Gasteiger partial charge in [-0.05, 0) is 35.9 Å². The van der Waals surface area contributed by atoms with Crippen LogP contribution >= 0.6 is 11.3 Å². The molecule has 0 bridgehead atoms. The standard InChI is InChI=1S/C20H13FN4O3S/c21-16-4-1-5-17-18(16)23-20(29-17)24(12-13-3-2-10-22-11-13)19(26)14-6-8-15(9-7-14)25(27)28/h1-11H,12H2. The molecule has 4 aromatic rings. The van der Waals surface area contributed by atoms with Crippen LogP contribution in [-0.4, -0.2) is 20.8 Å². The van der Waals surface area contributed by atoms with Crippen molar-refractivity contribution in [3.8, 4) is 0 Å². The number of nitrogens with zero attached hydrogens (tertiary/aromatic N) is 4. The van der Waals surface area contributed by atoms with E-state index in [1.807, 2.05) is 6.07 Å². The van der Waals surface area contributed by atoms with Gasteiger partial charge in [-0.1, -0.05) is 23.5 Å². The average molecular weight is 408 g/mol. The predicted octanol–water partition coefficient (Wildman–Crippen LogP) is 4.59. The highest BCUT2D eigenvalue weighted by atomic mass is 32.1. The van der Waals surface area contributed by atoms with Crippen LogP contribution in [0.1, 0.15) is 15.9 Å². The summed E-state index contributed by atoms with van der Waals surface area (Å²) in [6.45, 7) is 0.172. The Kier molecular flexibility index (Phi) is 4.96. The highest BCUT2D eigenvalue weighted by molar-refractivity contribution is 7.22. The number of pyridine rings is 1. The molecule has 0 radical (unpaired) electrons. The van der Waals surface area contributed by atoms with Gasteiger partial charge < -0.3 is 0 Å². The lowest BCUT2D eigenvalue weighted by Crippen LogP contribution is -2.30. The number of halogens is 1. The van der Waals surface area contributed by atoms with Crippen molar-refractivity contribution < 1.29 is 14.1 Å². The molecular formula is C20H13FN4O3S. The maximum atomic E-state index is 14.1. The first-order chi connectivity index (χ1) is 14.0. The number of carbonyl (C=O) groups is 1. The van der Waals surface area contributed by atoms with Gasteiger partial charge in [-0.15, -0.1) is 0 Å². The largest absolute Gasteiger partial charge is 0.279 e. The van der Waals surface area contributed by atoms with Gasteiger partial charge in [0.2, 0.25) is 0 Å². The maximum Gasteiger partial charge on any atom is 0.269 e. The molecule has 0 fully saturated rings. The molecule has 0 atom stereocenters. The number of para-hydroxylation sites is 1. The molecule has 7 nitrogen and oxygen atoms in total. The molecule has 0 saturated carbocycles. The van der Waals surface area contributed by atoms with E-state index >= 15 is 0 Å². The van der Waals surface area contributed by atoms with Crippen molar-refractivity contribution in [3.05, 3.63) is 94.0 Å². The maximum absolute atomic E-state index is 14.1. The van der Waals surface area contributed by atoms with E-state index < -0.39 is 16.6 Å². The molecule has 144 valence electrons. The molecule has 0 aliphatic heterocycles. The lowest BCUT2D eigenvalue weighted by Gasteiger charge is -2.20. The second-order valence-corrected chi connectivity index (χ2v) is 7.15. The van der Waals surface area contributed by atoms with Crippen molar-refractivity contribution in [3.63, 3.8) is 0 Å². The van der Waals surface area contributed by atoms with Crippen LogP contribution in [-0.2, 0) is 6.54 Å². The van der Waals surface area contributed by atoms with Crippen LogP contribution in [0.2, 0.25) is 0 Å². The summed E-state index contributed by atoms with van der Waals surface area (Å²) in [4.78, 5) is 33.3. The van der Waals surface area contributed by atoms with Gasteiger partial charge in [0, 0.05) is 30.1 Å². The van der Waals surface area contributed by atoms with Gasteiger partial charge >= 0.3 is 0 Å². The van der Waals surface area contributed by atoms with Gasteiger partial charge in [-0.3, -0.25) is 24.8 Å². The van der Waals surface area contributed by atoms with E-state index in [2.05, 4.69) is 9.97 Å². The average Bonchev–Trinajstić information content (AvgIpc) is 3.18. The van der Waals surface area contributed by atoms with E-state index in [0.717, 1.165) is 5.56 Å². The zero-order chi connectivity index (χ0) is 20.4. The number of hydrogen-bond donors (Lipinski definition) is 0. The van der Waals surface area contributed by atoms with Crippen molar-refractivity contribution in [2.75, 3.05) is 4.90 Å². The Hall–Kier alpha value is -3.72. The number of aromatic nitrogens is 2. The SMILES string of the molecule is O=C(c1ccc([N+](=O)[O-])cc1)N(Cc1cccnc1)c1nc2c(F)cccc2s1. The molecule has 0 aliphatic carbocycles. The van der Waals surface area contributed by atoms with Crippen LogP contribution in [0.4, 0.5) is 15.2 Å². The summed E-state index contributed by atoms with van der Waals surface area (Å²) in [5.74, 6) is -0.864. The van der Waals surface area contributed by atoms with Crippen LogP contribution < -0.4 is 4.90 Å². The Bertz CT molecular complexity index is 1200. The van der Waals surface area contributed by atoms with Crippen molar-refractivity contribution in [1.82, 2.24) is 9.97 Å². The third-order valence-corrected chi connectivity index (χ3v) is 5.27. The number of non-ortho nitro benzene ring substituents is 1. The molecule has 0 saturated heterocycles. The first kappa shape index (κ1) is 18.6. The second-order valence-electron chi connectivity index (χ2n) is 6.14. The van der Waals surface area contributed by atoms with E-state index in [1.54, 1.807) is 30.6 Å². The van der Waals surface area contributed by atoms with Crippen LogP contribution in [0.3, 0.4) is 0 Å². The topological polar surface area (TPSA) is 89.2 Å². The summed E-state index contributed by atoms with van der Waals surface area (Å²) in [5.41, 5.74) is 1.12. The minimum atomic E-state index is -0.530. The molecule has 4 rings (SSSR count). The van der Waals surface area contributed by atoms with Gasteiger partial charge in [0.1, 0.15) is 11.3 Å². The number of nitro groups is 1. The van der Waals surface area contributed by atoms with Crippen molar-refractivity contribution >= 4 is 38.3 Å². The zero-order valence-electron chi connectivity index (χ0n) is 14.9. The Balaban J connectivity index is 1.75. The first-order valence-electron chi connectivity index (χ1n) is 8.53. The fraction of sp³-hybridized carbons (Fsp3) is 0.0500. The zero-order valence-corrected chi connectivity index (χ0v) is 15.7. The summed E-state index contributed by atoms with van der Waals surface area (Å²) < 4.78 is 14.7. The van der Waals surface area contributed by atoms with E-state index in [0.29, 0.717) is 9.83 Å².